The molecule has 2 aromatic carbocycles. The summed E-state index contributed by atoms with van der Waals surface area (Å²) in [6.07, 6.45) is 0. The fraction of sp³-hybridized carbons (Fsp3) is 0.0667. The monoisotopic (exact) mass is 255 g/mol. The van der Waals surface area contributed by atoms with E-state index in [-0.39, 0.29) is 17.4 Å². The van der Waals surface area contributed by atoms with Crippen molar-refractivity contribution in [2.45, 2.75) is 6.92 Å². The van der Waals surface area contributed by atoms with Crippen LogP contribution in [0.25, 0.3) is 0 Å². The number of hydrogen-bond donors (Lipinski definition) is 2. The van der Waals surface area contributed by atoms with E-state index in [1.54, 1.807) is 24.3 Å². The van der Waals surface area contributed by atoms with Crippen molar-refractivity contribution in [1.29, 1.82) is 0 Å². The molecule has 0 atom stereocenters. The van der Waals surface area contributed by atoms with Crippen LogP contribution < -0.4 is 5.32 Å². The number of para-hydroxylation sites is 1. The molecule has 4 nitrogen and oxygen atoms in total. The van der Waals surface area contributed by atoms with Gasteiger partial charge in [0.15, 0.2) is 5.78 Å². The van der Waals surface area contributed by atoms with Crippen molar-refractivity contribution >= 4 is 17.4 Å². The molecule has 0 saturated carbocycles. The average molecular weight is 255 g/mol. The van der Waals surface area contributed by atoms with Crippen molar-refractivity contribution in [2.75, 3.05) is 5.32 Å². The number of carbonyl (C=O) groups excluding carboxylic acids is 2. The highest BCUT2D eigenvalue weighted by Gasteiger charge is 2.10. The average Bonchev–Trinajstić information content (AvgIpc) is 2.39. The van der Waals surface area contributed by atoms with Gasteiger partial charge in [-0.05, 0) is 43.3 Å². The Labute approximate surface area is 110 Å². The molecule has 0 unspecified atom stereocenters. The van der Waals surface area contributed by atoms with Crippen LogP contribution in [-0.4, -0.2) is 16.8 Å². The molecule has 0 aliphatic carbocycles. The molecule has 0 bridgehead atoms. The van der Waals surface area contributed by atoms with Crippen molar-refractivity contribution in [3.8, 4) is 5.75 Å². The van der Waals surface area contributed by atoms with Crippen LogP contribution in [0.4, 0.5) is 5.69 Å². The number of phenols is 1. The number of amides is 1. The maximum Gasteiger partial charge on any atom is 0.255 e. The first-order valence-electron chi connectivity index (χ1n) is 5.78. The SMILES string of the molecule is CC(=O)c1ccccc1NC(=O)c1ccc(O)cc1. The van der Waals surface area contributed by atoms with E-state index in [0.29, 0.717) is 16.8 Å². The molecule has 4 heteroatoms. The molecular formula is C15H13NO3. The van der Waals surface area contributed by atoms with Crippen molar-refractivity contribution in [1.82, 2.24) is 0 Å². The quantitative estimate of drug-likeness (QED) is 0.829. The lowest BCUT2D eigenvalue weighted by molar-refractivity contribution is 0.101. The predicted molar refractivity (Wildman–Crippen MR) is 72.5 cm³/mol. The predicted octanol–water partition coefficient (Wildman–Crippen LogP) is 2.85. The van der Waals surface area contributed by atoms with Crippen LogP contribution in [0.15, 0.2) is 48.5 Å². The highest BCUT2D eigenvalue weighted by Crippen LogP contribution is 2.17. The van der Waals surface area contributed by atoms with Crippen LogP contribution >= 0.6 is 0 Å². The summed E-state index contributed by atoms with van der Waals surface area (Å²) in [6, 6.07) is 12.7. The maximum absolute atomic E-state index is 12.0. The van der Waals surface area contributed by atoms with Gasteiger partial charge in [-0.2, -0.15) is 0 Å². The Kier molecular flexibility index (Phi) is 3.61. The minimum Gasteiger partial charge on any atom is -0.508 e. The van der Waals surface area contributed by atoms with Crippen LogP contribution in [0.3, 0.4) is 0 Å². The summed E-state index contributed by atoms with van der Waals surface area (Å²) < 4.78 is 0. The largest absolute Gasteiger partial charge is 0.508 e. The summed E-state index contributed by atoms with van der Waals surface area (Å²) in [5, 5.41) is 11.9. The summed E-state index contributed by atoms with van der Waals surface area (Å²) in [5.74, 6) is -0.337. The van der Waals surface area contributed by atoms with E-state index < -0.39 is 0 Å². The molecule has 0 aliphatic rings. The zero-order valence-electron chi connectivity index (χ0n) is 10.4. The second-order valence-corrected chi connectivity index (χ2v) is 4.10. The molecule has 0 heterocycles. The summed E-state index contributed by atoms with van der Waals surface area (Å²) in [6.45, 7) is 1.45. The number of benzene rings is 2. The number of Topliss-reactive ketones (excluding diaryl/α,β-unsaturated/α-hetero) is 1. The van der Waals surface area contributed by atoms with Crippen LogP contribution in [0.5, 0.6) is 5.75 Å². The molecular weight excluding hydrogens is 242 g/mol. The molecule has 96 valence electrons. The molecule has 2 N–H and O–H groups in total. The third-order valence-electron chi connectivity index (χ3n) is 2.68. The smallest absolute Gasteiger partial charge is 0.255 e. The summed E-state index contributed by atoms with van der Waals surface area (Å²) in [7, 11) is 0. The fourth-order valence-corrected chi connectivity index (χ4v) is 1.71. The fourth-order valence-electron chi connectivity index (χ4n) is 1.71. The van der Waals surface area contributed by atoms with Crippen LogP contribution in [0.2, 0.25) is 0 Å². The minimum absolute atomic E-state index is 0.0979. The van der Waals surface area contributed by atoms with Gasteiger partial charge in [-0.3, -0.25) is 9.59 Å². The van der Waals surface area contributed by atoms with E-state index in [2.05, 4.69) is 5.32 Å². The second-order valence-electron chi connectivity index (χ2n) is 4.10. The lowest BCUT2D eigenvalue weighted by Gasteiger charge is -2.09. The number of nitrogens with one attached hydrogen (secondary N) is 1. The van der Waals surface area contributed by atoms with Gasteiger partial charge < -0.3 is 10.4 Å². The Morgan fingerprint density at radius 1 is 1.00 bits per heavy atom. The molecule has 0 saturated heterocycles. The lowest BCUT2D eigenvalue weighted by Crippen LogP contribution is -2.14. The number of carbonyl (C=O) groups is 2. The Balaban J connectivity index is 2.24. The summed E-state index contributed by atoms with van der Waals surface area (Å²) in [5.41, 5.74) is 1.36. The van der Waals surface area contributed by atoms with Gasteiger partial charge in [0.1, 0.15) is 5.75 Å². The maximum atomic E-state index is 12.0. The van der Waals surface area contributed by atoms with Gasteiger partial charge >= 0.3 is 0 Å². The summed E-state index contributed by atoms with van der Waals surface area (Å²) >= 11 is 0. The van der Waals surface area contributed by atoms with Gasteiger partial charge in [-0.15, -0.1) is 0 Å². The van der Waals surface area contributed by atoms with Crippen LogP contribution in [-0.2, 0) is 0 Å². The van der Waals surface area contributed by atoms with Crippen molar-refractivity contribution in [3.05, 3.63) is 59.7 Å². The Morgan fingerprint density at radius 2 is 1.63 bits per heavy atom. The first kappa shape index (κ1) is 12.8. The van der Waals surface area contributed by atoms with Gasteiger partial charge in [-0.1, -0.05) is 12.1 Å². The van der Waals surface area contributed by atoms with Crippen molar-refractivity contribution in [2.24, 2.45) is 0 Å². The topological polar surface area (TPSA) is 66.4 Å². The van der Waals surface area contributed by atoms with Crippen LogP contribution in [0, 0.1) is 0 Å². The van der Waals surface area contributed by atoms with E-state index in [9.17, 15) is 9.59 Å². The number of ketones is 1. The third kappa shape index (κ3) is 2.98. The molecule has 1 amide bonds. The molecule has 19 heavy (non-hydrogen) atoms. The molecule has 2 aromatic rings. The molecule has 0 fully saturated rings. The summed E-state index contributed by atoms with van der Waals surface area (Å²) in [4.78, 5) is 23.4. The van der Waals surface area contributed by atoms with E-state index >= 15 is 0 Å². The zero-order valence-corrected chi connectivity index (χ0v) is 10.4. The molecule has 2 rings (SSSR count). The van der Waals surface area contributed by atoms with Gasteiger partial charge in [0.05, 0.1) is 5.69 Å². The Bertz CT molecular complexity index is 618. The minimum atomic E-state index is -0.325. The molecule has 0 radical (unpaired) electrons. The Morgan fingerprint density at radius 3 is 2.26 bits per heavy atom. The highest BCUT2D eigenvalue weighted by molar-refractivity contribution is 6.08. The van der Waals surface area contributed by atoms with Crippen LogP contribution in [0.1, 0.15) is 27.6 Å². The van der Waals surface area contributed by atoms with Gasteiger partial charge in [0.2, 0.25) is 0 Å². The number of anilines is 1. The molecule has 0 spiro atoms. The lowest BCUT2D eigenvalue weighted by atomic mass is 10.1. The first-order valence-corrected chi connectivity index (χ1v) is 5.78. The van der Waals surface area contributed by atoms with Gasteiger partial charge in [0, 0.05) is 11.1 Å². The van der Waals surface area contributed by atoms with Gasteiger partial charge in [-0.25, -0.2) is 0 Å². The molecule has 0 aliphatic heterocycles. The van der Waals surface area contributed by atoms with Crippen molar-refractivity contribution in [3.63, 3.8) is 0 Å². The molecule has 0 aromatic heterocycles. The number of rotatable bonds is 3. The highest BCUT2D eigenvalue weighted by atomic mass is 16.3. The van der Waals surface area contributed by atoms with E-state index in [0.717, 1.165) is 0 Å². The van der Waals surface area contributed by atoms with Crippen molar-refractivity contribution < 1.29 is 14.7 Å². The third-order valence-corrected chi connectivity index (χ3v) is 2.68. The van der Waals surface area contributed by atoms with E-state index in [1.165, 1.54) is 31.2 Å². The zero-order chi connectivity index (χ0) is 13.8. The first-order chi connectivity index (χ1) is 9.08. The number of phenolic OH excluding ortho intramolecular Hbond substituents is 1. The number of aromatic hydroxyl groups is 1. The van der Waals surface area contributed by atoms with Gasteiger partial charge in [0.25, 0.3) is 5.91 Å². The number of hydrogen-bond acceptors (Lipinski definition) is 3. The van der Waals surface area contributed by atoms with E-state index in [1.807, 2.05) is 0 Å². The Hall–Kier alpha value is -2.62. The second kappa shape index (κ2) is 5.35. The standard InChI is InChI=1S/C15H13NO3/c1-10(17)13-4-2-3-5-14(13)16-15(19)11-6-8-12(18)9-7-11/h2-9,18H,1H3,(H,16,19). The van der Waals surface area contributed by atoms with E-state index in [4.69, 9.17) is 5.11 Å². The normalized spacial score (nSPS) is 9.95.